The maximum Gasteiger partial charge on any atom is 0.220 e. The van der Waals surface area contributed by atoms with Gasteiger partial charge in [0.25, 0.3) is 0 Å². The average molecular weight is 194 g/mol. The van der Waals surface area contributed by atoms with Crippen molar-refractivity contribution in [3.63, 3.8) is 0 Å². The molecule has 1 unspecified atom stereocenters. The predicted octanol–water partition coefficient (Wildman–Crippen LogP) is 2.59. The summed E-state index contributed by atoms with van der Waals surface area (Å²) in [6, 6.07) is 4.43. The fourth-order valence-corrected chi connectivity index (χ4v) is 1.36. The summed E-state index contributed by atoms with van der Waals surface area (Å²) in [6.07, 6.45) is 3.23. The molecule has 0 saturated carbocycles. The van der Waals surface area contributed by atoms with Gasteiger partial charge in [0.2, 0.25) is 6.29 Å². The lowest BCUT2D eigenvalue weighted by atomic mass is 10.1. The molecule has 3 heteroatoms. The molecular weight excluding hydrogens is 183 g/mol. The molecule has 1 aromatic carbocycles. The van der Waals surface area contributed by atoms with Gasteiger partial charge in [0.15, 0.2) is 0 Å². The molecule has 0 N–H and O–H groups in total. The molecular formula is C11H11FO2. The van der Waals surface area contributed by atoms with Crippen LogP contribution in [0.1, 0.15) is 12.5 Å². The summed E-state index contributed by atoms with van der Waals surface area (Å²) in [5.74, 6) is 0.402. The lowest BCUT2D eigenvalue weighted by Gasteiger charge is -2.20. The van der Waals surface area contributed by atoms with Crippen LogP contribution in [0.3, 0.4) is 0 Å². The first-order valence-corrected chi connectivity index (χ1v) is 4.55. The van der Waals surface area contributed by atoms with Gasteiger partial charge in [-0.2, -0.15) is 0 Å². The number of benzene rings is 1. The van der Waals surface area contributed by atoms with Crippen LogP contribution in [-0.2, 0) is 4.74 Å². The summed E-state index contributed by atoms with van der Waals surface area (Å²) in [4.78, 5) is 0. The first-order chi connectivity index (χ1) is 6.79. The third-order valence-electron chi connectivity index (χ3n) is 1.98. The molecule has 0 aliphatic carbocycles. The standard InChI is InChI=1S/C11H11FO2/c1-2-13-11-6-3-8-7-9(12)4-5-10(8)14-11/h3-7,11H,2H2,1H3. The van der Waals surface area contributed by atoms with E-state index >= 15 is 0 Å². The third kappa shape index (κ3) is 1.77. The predicted molar refractivity (Wildman–Crippen MR) is 51.5 cm³/mol. The van der Waals surface area contributed by atoms with Crippen LogP contribution in [-0.4, -0.2) is 12.9 Å². The van der Waals surface area contributed by atoms with E-state index in [1.807, 2.05) is 13.0 Å². The van der Waals surface area contributed by atoms with Crippen molar-refractivity contribution >= 4 is 6.08 Å². The monoisotopic (exact) mass is 194 g/mol. The maximum absolute atomic E-state index is 12.8. The van der Waals surface area contributed by atoms with Crippen molar-refractivity contribution in [1.29, 1.82) is 0 Å². The zero-order valence-corrected chi connectivity index (χ0v) is 7.87. The highest BCUT2D eigenvalue weighted by Gasteiger charge is 2.14. The second-order valence-electron chi connectivity index (χ2n) is 2.98. The van der Waals surface area contributed by atoms with E-state index in [1.54, 1.807) is 12.1 Å². The van der Waals surface area contributed by atoms with Gasteiger partial charge in [-0.1, -0.05) is 0 Å². The number of hydrogen-bond donors (Lipinski definition) is 0. The molecule has 1 aliphatic rings. The summed E-state index contributed by atoms with van der Waals surface area (Å²) in [6.45, 7) is 2.49. The molecule has 0 aromatic heterocycles. The first-order valence-electron chi connectivity index (χ1n) is 4.55. The second kappa shape index (κ2) is 3.80. The van der Waals surface area contributed by atoms with Crippen molar-refractivity contribution in [3.8, 4) is 5.75 Å². The van der Waals surface area contributed by atoms with Crippen LogP contribution in [0, 0.1) is 5.82 Å². The highest BCUT2D eigenvalue weighted by atomic mass is 19.1. The Bertz CT molecular complexity index is 360. The Morgan fingerprint density at radius 2 is 2.36 bits per heavy atom. The van der Waals surface area contributed by atoms with Gasteiger partial charge in [-0.3, -0.25) is 0 Å². The quantitative estimate of drug-likeness (QED) is 0.720. The van der Waals surface area contributed by atoms with Crippen LogP contribution in [0.2, 0.25) is 0 Å². The highest BCUT2D eigenvalue weighted by molar-refractivity contribution is 5.59. The Balaban J connectivity index is 2.23. The fourth-order valence-electron chi connectivity index (χ4n) is 1.36. The molecule has 0 spiro atoms. The Labute approximate surface area is 82.0 Å². The molecule has 1 atom stereocenters. The van der Waals surface area contributed by atoms with Crippen molar-refractivity contribution in [2.24, 2.45) is 0 Å². The molecule has 1 aliphatic heterocycles. The minimum absolute atomic E-state index is 0.258. The van der Waals surface area contributed by atoms with Crippen molar-refractivity contribution in [3.05, 3.63) is 35.7 Å². The molecule has 74 valence electrons. The van der Waals surface area contributed by atoms with E-state index in [1.165, 1.54) is 12.1 Å². The van der Waals surface area contributed by atoms with Gasteiger partial charge in [0, 0.05) is 12.2 Å². The van der Waals surface area contributed by atoms with Crippen molar-refractivity contribution in [2.75, 3.05) is 6.61 Å². The van der Waals surface area contributed by atoms with Crippen LogP contribution in [0.25, 0.3) is 6.08 Å². The summed E-state index contributed by atoms with van der Waals surface area (Å²) in [5, 5.41) is 0. The maximum atomic E-state index is 12.8. The Kier molecular flexibility index (Phi) is 2.50. The molecule has 1 heterocycles. The van der Waals surface area contributed by atoms with Crippen LogP contribution < -0.4 is 4.74 Å². The average Bonchev–Trinajstić information content (AvgIpc) is 2.19. The molecule has 14 heavy (non-hydrogen) atoms. The third-order valence-corrected chi connectivity index (χ3v) is 1.98. The molecule has 0 amide bonds. The first kappa shape index (κ1) is 9.21. The second-order valence-corrected chi connectivity index (χ2v) is 2.98. The van der Waals surface area contributed by atoms with E-state index in [0.717, 1.165) is 5.56 Å². The van der Waals surface area contributed by atoms with E-state index in [-0.39, 0.29) is 12.1 Å². The Morgan fingerprint density at radius 3 is 3.14 bits per heavy atom. The van der Waals surface area contributed by atoms with Crippen molar-refractivity contribution in [1.82, 2.24) is 0 Å². The normalized spacial score (nSPS) is 18.9. The number of halogens is 1. The Morgan fingerprint density at radius 1 is 1.50 bits per heavy atom. The number of hydrogen-bond acceptors (Lipinski definition) is 2. The van der Waals surface area contributed by atoms with Crippen LogP contribution in [0.4, 0.5) is 4.39 Å². The molecule has 1 aromatic rings. The van der Waals surface area contributed by atoms with Gasteiger partial charge in [0.05, 0.1) is 0 Å². The van der Waals surface area contributed by atoms with E-state index in [0.29, 0.717) is 12.4 Å². The van der Waals surface area contributed by atoms with E-state index in [4.69, 9.17) is 9.47 Å². The van der Waals surface area contributed by atoms with Crippen LogP contribution in [0.5, 0.6) is 5.75 Å². The highest BCUT2D eigenvalue weighted by Crippen LogP contribution is 2.26. The molecule has 0 bridgehead atoms. The molecule has 2 rings (SSSR count). The Hall–Kier alpha value is -1.35. The van der Waals surface area contributed by atoms with Gasteiger partial charge in [0.1, 0.15) is 11.6 Å². The zero-order chi connectivity index (χ0) is 9.97. The van der Waals surface area contributed by atoms with Gasteiger partial charge >= 0.3 is 0 Å². The SMILES string of the molecule is CCOC1C=Cc2cc(F)ccc2O1. The minimum Gasteiger partial charge on any atom is -0.461 e. The van der Waals surface area contributed by atoms with E-state index in [9.17, 15) is 4.39 Å². The van der Waals surface area contributed by atoms with E-state index < -0.39 is 0 Å². The van der Waals surface area contributed by atoms with Gasteiger partial charge in [-0.25, -0.2) is 4.39 Å². The largest absolute Gasteiger partial charge is 0.461 e. The van der Waals surface area contributed by atoms with Gasteiger partial charge < -0.3 is 9.47 Å². The zero-order valence-electron chi connectivity index (χ0n) is 7.87. The van der Waals surface area contributed by atoms with Crippen molar-refractivity contribution in [2.45, 2.75) is 13.2 Å². The summed E-state index contributed by atoms with van der Waals surface area (Å²) >= 11 is 0. The van der Waals surface area contributed by atoms with Gasteiger partial charge in [-0.05, 0) is 37.3 Å². The summed E-state index contributed by atoms with van der Waals surface area (Å²) in [5.41, 5.74) is 0.751. The smallest absolute Gasteiger partial charge is 0.220 e. The topological polar surface area (TPSA) is 18.5 Å². The summed E-state index contributed by atoms with van der Waals surface area (Å²) < 4.78 is 23.5. The van der Waals surface area contributed by atoms with Crippen LogP contribution in [0.15, 0.2) is 24.3 Å². The lowest BCUT2D eigenvalue weighted by molar-refractivity contribution is -0.0414. The molecule has 2 nitrogen and oxygen atoms in total. The number of fused-ring (bicyclic) bond motifs is 1. The van der Waals surface area contributed by atoms with E-state index in [2.05, 4.69) is 0 Å². The van der Waals surface area contributed by atoms with Crippen LogP contribution >= 0.6 is 0 Å². The number of rotatable bonds is 2. The van der Waals surface area contributed by atoms with Gasteiger partial charge in [-0.15, -0.1) is 0 Å². The summed E-state index contributed by atoms with van der Waals surface area (Å²) in [7, 11) is 0. The molecule has 0 fully saturated rings. The minimum atomic E-state index is -0.349. The fraction of sp³-hybridized carbons (Fsp3) is 0.273. The lowest BCUT2D eigenvalue weighted by Crippen LogP contribution is -2.20. The molecule has 0 saturated heterocycles. The number of ether oxygens (including phenoxy) is 2. The van der Waals surface area contributed by atoms with Crippen molar-refractivity contribution < 1.29 is 13.9 Å². The molecule has 0 radical (unpaired) electrons.